The Morgan fingerprint density at radius 1 is 1.04 bits per heavy atom. The number of para-hydroxylation sites is 1. The molecule has 0 atom stereocenters. The quantitative estimate of drug-likeness (QED) is 0.815. The first-order chi connectivity index (χ1) is 11.6. The van der Waals surface area contributed by atoms with E-state index in [1.165, 1.54) is 14.2 Å². The summed E-state index contributed by atoms with van der Waals surface area (Å²) in [6.45, 7) is 3.56. The molecule has 2 N–H and O–H groups in total. The molecule has 0 amide bonds. The number of phenols is 2. The van der Waals surface area contributed by atoms with Crippen molar-refractivity contribution in [3.63, 3.8) is 0 Å². The molecule has 2 aromatic carbocycles. The van der Waals surface area contributed by atoms with E-state index in [-0.39, 0.29) is 23.0 Å². The second-order valence-electron chi connectivity index (χ2n) is 5.91. The van der Waals surface area contributed by atoms with E-state index in [2.05, 4.69) is 11.8 Å². The van der Waals surface area contributed by atoms with Gasteiger partial charge in [-0.15, -0.1) is 0 Å². The van der Waals surface area contributed by atoms with Gasteiger partial charge in [0.05, 0.1) is 14.2 Å². The van der Waals surface area contributed by atoms with Crippen molar-refractivity contribution in [1.82, 2.24) is 0 Å². The molecule has 3 rings (SSSR count). The second-order valence-corrected chi connectivity index (χ2v) is 5.91. The molecule has 0 radical (unpaired) electrons. The smallest absolute Gasteiger partial charge is 0.207 e. The Balaban J connectivity index is 2.25. The maximum absolute atomic E-state index is 10.7. The van der Waals surface area contributed by atoms with Crippen LogP contribution in [-0.2, 0) is 6.54 Å². The topological polar surface area (TPSA) is 62.2 Å². The number of methoxy groups -OCH3 is 2. The van der Waals surface area contributed by atoms with Gasteiger partial charge >= 0.3 is 0 Å². The average molecular weight is 329 g/mol. The van der Waals surface area contributed by atoms with Crippen molar-refractivity contribution in [3.8, 4) is 34.1 Å². The number of unbranched alkanes of at least 4 members (excludes halogenated alkanes) is 1. The van der Waals surface area contributed by atoms with Crippen LogP contribution in [0.15, 0.2) is 24.3 Å². The van der Waals surface area contributed by atoms with E-state index >= 15 is 0 Å². The van der Waals surface area contributed by atoms with Crippen LogP contribution in [-0.4, -0.2) is 31.0 Å². The van der Waals surface area contributed by atoms with Gasteiger partial charge in [-0.05, 0) is 12.5 Å². The van der Waals surface area contributed by atoms with Crippen LogP contribution in [0, 0.1) is 0 Å². The van der Waals surface area contributed by atoms with Gasteiger partial charge in [-0.3, -0.25) is 0 Å². The van der Waals surface area contributed by atoms with Gasteiger partial charge in [-0.1, -0.05) is 31.5 Å². The van der Waals surface area contributed by atoms with Gasteiger partial charge in [-0.2, -0.15) is 0 Å². The van der Waals surface area contributed by atoms with Gasteiger partial charge in [0, 0.05) is 35.5 Å². The summed E-state index contributed by atoms with van der Waals surface area (Å²) in [7, 11) is 2.90. The van der Waals surface area contributed by atoms with Crippen LogP contribution in [0.1, 0.15) is 25.3 Å². The van der Waals surface area contributed by atoms with Crippen molar-refractivity contribution in [2.24, 2.45) is 0 Å². The summed E-state index contributed by atoms with van der Waals surface area (Å²) in [6.07, 6.45) is 2.15. The number of rotatable bonds is 5. The summed E-state index contributed by atoms with van der Waals surface area (Å²) in [5, 5.41) is 21.4. The fraction of sp³-hybridized carbons (Fsp3) is 0.368. The van der Waals surface area contributed by atoms with E-state index in [1.807, 2.05) is 24.3 Å². The lowest BCUT2D eigenvalue weighted by Crippen LogP contribution is -2.27. The molecule has 128 valence electrons. The molecule has 0 spiro atoms. The lowest BCUT2D eigenvalue weighted by molar-refractivity contribution is 0.315. The Bertz CT molecular complexity index is 758. The van der Waals surface area contributed by atoms with E-state index in [9.17, 15) is 10.2 Å². The summed E-state index contributed by atoms with van der Waals surface area (Å²) in [6, 6.07) is 7.91. The number of benzene rings is 2. The van der Waals surface area contributed by atoms with Crippen LogP contribution in [0.2, 0.25) is 0 Å². The number of ether oxygens (including phenoxy) is 2. The fourth-order valence-electron chi connectivity index (χ4n) is 3.34. The first kappa shape index (κ1) is 16.3. The second kappa shape index (κ2) is 6.51. The van der Waals surface area contributed by atoms with Crippen molar-refractivity contribution in [3.05, 3.63) is 29.8 Å². The van der Waals surface area contributed by atoms with Crippen molar-refractivity contribution in [1.29, 1.82) is 0 Å². The highest BCUT2D eigenvalue weighted by molar-refractivity contribution is 5.91. The maximum atomic E-state index is 10.7. The first-order valence-electron chi connectivity index (χ1n) is 8.17. The predicted octanol–water partition coefficient (Wildman–Crippen LogP) is 3.90. The van der Waals surface area contributed by atoms with Crippen molar-refractivity contribution in [2.75, 3.05) is 25.7 Å². The number of aromatic hydroxyl groups is 2. The van der Waals surface area contributed by atoms with Crippen LogP contribution in [0.25, 0.3) is 11.1 Å². The Labute approximate surface area is 142 Å². The number of phenolic OH excluding ortho intramolecular Hbond substituents is 2. The van der Waals surface area contributed by atoms with E-state index in [0.29, 0.717) is 17.7 Å². The molecule has 1 heterocycles. The molecule has 0 aromatic heterocycles. The third-order valence-corrected chi connectivity index (χ3v) is 4.51. The minimum absolute atomic E-state index is 0.00439. The molecule has 0 aliphatic carbocycles. The van der Waals surface area contributed by atoms with Crippen LogP contribution in [0.5, 0.6) is 23.0 Å². The molecule has 0 fully saturated rings. The highest BCUT2D eigenvalue weighted by Crippen LogP contribution is 2.55. The number of nitrogens with zero attached hydrogens (tertiary/aromatic N) is 1. The van der Waals surface area contributed by atoms with Gasteiger partial charge in [0.25, 0.3) is 0 Å². The van der Waals surface area contributed by atoms with Gasteiger partial charge in [-0.25, -0.2) is 0 Å². The monoisotopic (exact) mass is 329 g/mol. The SMILES string of the molecule is CCCCN1Cc2c(O)c(OC)c(OC)c(O)c2-c2ccccc21. The third kappa shape index (κ3) is 2.40. The van der Waals surface area contributed by atoms with Crippen molar-refractivity contribution >= 4 is 5.69 Å². The molecule has 1 aliphatic rings. The van der Waals surface area contributed by atoms with Crippen LogP contribution >= 0.6 is 0 Å². The lowest BCUT2D eigenvalue weighted by atomic mass is 9.90. The number of hydrogen-bond acceptors (Lipinski definition) is 5. The zero-order valence-electron chi connectivity index (χ0n) is 14.3. The van der Waals surface area contributed by atoms with Crippen molar-refractivity contribution in [2.45, 2.75) is 26.3 Å². The van der Waals surface area contributed by atoms with Gasteiger partial charge in [0.1, 0.15) is 0 Å². The summed E-state index contributed by atoms with van der Waals surface area (Å²) in [5.41, 5.74) is 3.23. The van der Waals surface area contributed by atoms with Gasteiger partial charge in [0.2, 0.25) is 11.5 Å². The molecule has 5 heteroatoms. The van der Waals surface area contributed by atoms with Crippen LogP contribution < -0.4 is 14.4 Å². The number of hydrogen-bond donors (Lipinski definition) is 2. The maximum Gasteiger partial charge on any atom is 0.207 e. The highest BCUT2D eigenvalue weighted by Gasteiger charge is 2.32. The van der Waals surface area contributed by atoms with Gasteiger partial charge in [0.15, 0.2) is 11.5 Å². The van der Waals surface area contributed by atoms with E-state index in [1.54, 1.807) is 0 Å². The first-order valence-corrected chi connectivity index (χ1v) is 8.17. The third-order valence-electron chi connectivity index (χ3n) is 4.51. The molecule has 0 unspecified atom stereocenters. The van der Waals surface area contributed by atoms with Crippen LogP contribution in [0.4, 0.5) is 5.69 Å². The molecule has 0 saturated carbocycles. The molecule has 2 aromatic rings. The van der Waals surface area contributed by atoms with E-state index < -0.39 is 0 Å². The largest absolute Gasteiger partial charge is 0.504 e. The molecular formula is C19H23NO4. The van der Waals surface area contributed by atoms with Gasteiger partial charge < -0.3 is 24.6 Å². The predicted molar refractivity (Wildman–Crippen MR) is 94.3 cm³/mol. The van der Waals surface area contributed by atoms with Crippen molar-refractivity contribution < 1.29 is 19.7 Å². The highest BCUT2D eigenvalue weighted by atomic mass is 16.5. The number of anilines is 1. The molecule has 24 heavy (non-hydrogen) atoms. The standard InChI is InChI=1S/C19H23NO4/c1-4-5-10-20-11-13-15(12-8-6-7-9-14(12)20)17(22)19(24-3)18(23-2)16(13)21/h6-9,21-22H,4-5,10-11H2,1-3H3. The summed E-state index contributed by atoms with van der Waals surface area (Å²) in [5.74, 6) is 0.358. The molecular weight excluding hydrogens is 306 g/mol. The molecule has 0 bridgehead atoms. The zero-order valence-corrected chi connectivity index (χ0v) is 14.3. The average Bonchev–Trinajstić information content (AvgIpc) is 2.61. The van der Waals surface area contributed by atoms with E-state index in [4.69, 9.17) is 9.47 Å². The molecule has 0 saturated heterocycles. The fourth-order valence-corrected chi connectivity index (χ4v) is 3.34. The Morgan fingerprint density at radius 2 is 1.71 bits per heavy atom. The molecule has 5 nitrogen and oxygen atoms in total. The minimum Gasteiger partial charge on any atom is -0.504 e. The number of fused-ring (bicyclic) bond motifs is 3. The Morgan fingerprint density at radius 3 is 2.38 bits per heavy atom. The minimum atomic E-state index is 0.00439. The van der Waals surface area contributed by atoms with E-state index in [0.717, 1.165) is 30.6 Å². The van der Waals surface area contributed by atoms with Crippen LogP contribution in [0.3, 0.4) is 0 Å². The zero-order chi connectivity index (χ0) is 17.3. The normalized spacial score (nSPS) is 12.5. The summed E-state index contributed by atoms with van der Waals surface area (Å²) in [4.78, 5) is 2.23. The summed E-state index contributed by atoms with van der Waals surface area (Å²) >= 11 is 0. The summed E-state index contributed by atoms with van der Waals surface area (Å²) < 4.78 is 10.5. The Kier molecular flexibility index (Phi) is 4.42. The lowest BCUT2D eigenvalue weighted by Gasteiger charge is -2.34. The Hall–Kier alpha value is -2.56. The molecule has 1 aliphatic heterocycles.